The number of likely N-dealkylation sites (N-methyl/N-ethyl adjacent to an activating group) is 1. The van der Waals surface area contributed by atoms with Gasteiger partial charge in [0.05, 0.1) is 24.3 Å². The molecule has 3 aromatic rings. The molecular formula is C24H30N4O2S. The topological polar surface area (TPSA) is 50.6 Å². The van der Waals surface area contributed by atoms with Crippen molar-refractivity contribution in [3.8, 4) is 16.3 Å². The smallest absolute Gasteiger partial charge is 0.227 e. The van der Waals surface area contributed by atoms with Gasteiger partial charge in [-0.15, -0.1) is 11.3 Å². The molecule has 1 aromatic carbocycles. The van der Waals surface area contributed by atoms with Gasteiger partial charge in [-0.05, 0) is 35.9 Å². The van der Waals surface area contributed by atoms with Gasteiger partial charge in [0, 0.05) is 45.2 Å². The highest BCUT2D eigenvalue weighted by atomic mass is 32.1. The molecule has 1 amide bonds. The Morgan fingerprint density at radius 1 is 1.16 bits per heavy atom. The van der Waals surface area contributed by atoms with Crippen molar-refractivity contribution in [2.24, 2.45) is 13.0 Å². The molecule has 1 aliphatic heterocycles. The number of thiophene rings is 1. The lowest BCUT2D eigenvalue weighted by Crippen LogP contribution is -2.34. The molecule has 1 saturated heterocycles. The van der Waals surface area contributed by atoms with E-state index in [9.17, 15) is 4.79 Å². The maximum absolute atomic E-state index is 13.1. The summed E-state index contributed by atoms with van der Waals surface area (Å²) in [6.07, 6.45) is 0.744. The third-order valence-corrected chi connectivity index (χ3v) is 6.98. The van der Waals surface area contributed by atoms with Crippen molar-refractivity contribution in [3.63, 3.8) is 0 Å². The first-order chi connectivity index (χ1) is 15.0. The van der Waals surface area contributed by atoms with Crippen LogP contribution in [0.2, 0.25) is 0 Å². The highest BCUT2D eigenvalue weighted by Crippen LogP contribution is 2.27. The lowest BCUT2D eigenvalue weighted by atomic mass is 9.96. The van der Waals surface area contributed by atoms with Crippen LogP contribution < -0.4 is 4.74 Å². The van der Waals surface area contributed by atoms with Crippen LogP contribution in [-0.2, 0) is 24.8 Å². The molecule has 6 nitrogen and oxygen atoms in total. The highest BCUT2D eigenvalue weighted by Gasteiger charge is 2.30. The van der Waals surface area contributed by atoms with E-state index in [2.05, 4.69) is 51.8 Å². The number of hydrogen-bond acceptors (Lipinski definition) is 5. The third kappa shape index (κ3) is 4.67. The average Bonchev–Trinajstić information content (AvgIpc) is 3.36. The molecular weight excluding hydrogens is 408 g/mol. The number of ether oxygens (including phenoxy) is 1. The maximum Gasteiger partial charge on any atom is 0.227 e. The Morgan fingerprint density at radius 3 is 2.61 bits per heavy atom. The number of hydrogen-bond donors (Lipinski definition) is 0. The molecule has 0 N–H and O–H groups in total. The molecule has 0 bridgehead atoms. The standard InChI is InChI=1S/C24H30N4O2S/c1-17-21(24(30-4)27(3)25-17)16-28-12-11-26(2)23(29)20(15-28)14-18-7-9-19(10-8-18)22-6-5-13-31-22/h5-10,13,20H,11-12,14-16H2,1-4H3/t20-/m0/s1. The Labute approximate surface area is 188 Å². The summed E-state index contributed by atoms with van der Waals surface area (Å²) in [6.45, 7) is 5.05. The van der Waals surface area contributed by atoms with Crippen molar-refractivity contribution in [1.82, 2.24) is 19.6 Å². The van der Waals surface area contributed by atoms with Crippen LogP contribution in [-0.4, -0.2) is 59.3 Å². The third-order valence-electron chi connectivity index (χ3n) is 6.06. The van der Waals surface area contributed by atoms with Crippen LogP contribution in [0.5, 0.6) is 5.88 Å². The zero-order valence-corrected chi connectivity index (χ0v) is 19.5. The summed E-state index contributed by atoms with van der Waals surface area (Å²) in [7, 11) is 5.49. The second-order valence-electron chi connectivity index (χ2n) is 8.27. The summed E-state index contributed by atoms with van der Waals surface area (Å²) in [5.41, 5.74) is 4.50. The van der Waals surface area contributed by atoms with Gasteiger partial charge in [-0.25, -0.2) is 4.68 Å². The number of carbonyl (C=O) groups excluding carboxylic acids is 1. The average molecular weight is 439 g/mol. The summed E-state index contributed by atoms with van der Waals surface area (Å²) in [6, 6.07) is 12.8. The fourth-order valence-electron chi connectivity index (χ4n) is 4.36. The molecule has 3 heterocycles. The SMILES string of the molecule is COc1c(CN2CCN(C)C(=O)[C@@H](Cc3ccc(-c4cccs4)cc3)C2)c(C)nn1C. The van der Waals surface area contributed by atoms with Crippen molar-refractivity contribution in [2.45, 2.75) is 19.9 Å². The number of amides is 1. The zero-order valence-electron chi connectivity index (χ0n) is 18.7. The zero-order chi connectivity index (χ0) is 22.0. The van der Waals surface area contributed by atoms with Gasteiger partial charge >= 0.3 is 0 Å². The molecule has 1 atom stereocenters. The molecule has 0 aliphatic carbocycles. The Hall–Kier alpha value is -2.64. The molecule has 0 spiro atoms. The number of benzene rings is 1. The minimum atomic E-state index is -0.0666. The van der Waals surface area contributed by atoms with Crippen LogP contribution in [0.4, 0.5) is 0 Å². The Kier molecular flexibility index (Phi) is 6.43. The summed E-state index contributed by atoms with van der Waals surface area (Å²) in [4.78, 5) is 18.6. The maximum atomic E-state index is 13.1. The van der Waals surface area contributed by atoms with Crippen LogP contribution in [0, 0.1) is 12.8 Å². The van der Waals surface area contributed by atoms with Gasteiger partial charge in [-0.3, -0.25) is 9.69 Å². The van der Waals surface area contributed by atoms with Crippen molar-refractivity contribution < 1.29 is 9.53 Å². The van der Waals surface area contributed by atoms with Gasteiger partial charge < -0.3 is 9.64 Å². The van der Waals surface area contributed by atoms with Crippen LogP contribution in [0.15, 0.2) is 41.8 Å². The number of carbonyl (C=O) groups is 1. The number of rotatable bonds is 6. The molecule has 4 rings (SSSR count). The molecule has 0 unspecified atom stereocenters. The van der Waals surface area contributed by atoms with E-state index in [0.717, 1.165) is 49.7 Å². The van der Waals surface area contributed by atoms with E-state index in [1.807, 2.05) is 25.9 Å². The fourth-order valence-corrected chi connectivity index (χ4v) is 5.10. The Balaban J connectivity index is 1.50. The number of methoxy groups -OCH3 is 1. The Morgan fingerprint density at radius 2 is 1.94 bits per heavy atom. The highest BCUT2D eigenvalue weighted by molar-refractivity contribution is 7.13. The molecule has 1 fully saturated rings. The lowest BCUT2D eigenvalue weighted by molar-refractivity contribution is -0.133. The summed E-state index contributed by atoms with van der Waals surface area (Å²) in [5, 5.41) is 6.60. The van der Waals surface area contributed by atoms with E-state index in [1.165, 1.54) is 16.0 Å². The molecule has 0 saturated carbocycles. The molecule has 0 radical (unpaired) electrons. The predicted octanol–water partition coefficient (Wildman–Crippen LogP) is 3.60. The minimum Gasteiger partial charge on any atom is -0.481 e. The van der Waals surface area contributed by atoms with E-state index >= 15 is 0 Å². The quantitative estimate of drug-likeness (QED) is 0.590. The van der Waals surface area contributed by atoms with Crippen LogP contribution in [0.25, 0.3) is 10.4 Å². The van der Waals surface area contributed by atoms with Gasteiger partial charge in [0.15, 0.2) is 0 Å². The molecule has 164 valence electrons. The van der Waals surface area contributed by atoms with E-state index < -0.39 is 0 Å². The van der Waals surface area contributed by atoms with E-state index in [4.69, 9.17) is 4.74 Å². The fraction of sp³-hybridized carbons (Fsp3) is 0.417. The molecule has 7 heteroatoms. The summed E-state index contributed by atoms with van der Waals surface area (Å²) < 4.78 is 7.36. The molecule has 1 aliphatic rings. The van der Waals surface area contributed by atoms with Crippen molar-refractivity contribution in [3.05, 3.63) is 58.6 Å². The van der Waals surface area contributed by atoms with E-state index in [1.54, 1.807) is 23.1 Å². The second kappa shape index (κ2) is 9.24. The summed E-state index contributed by atoms with van der Waals surface area (Å²) >= 11 is 1.74. The van der Waals surface area contributed by atoms with Gasteiger partial charge in [0.1, 0.15) is 0 Å². The van der Waals surface area contributed by atoms with E-state index in [-0.39, 0.29) is 11.8 Å². The first kappa shape index (κ1) is 21.6. The number of nitrogens with zero attached hydrogens (tertiary/aromatic N) is 4. The van der Waals surface area contributed by atoms with Gasteiger partial charge in [0.2, 0.25) is 11.8 Å². The van der Waals surface area contributed by atoms with Gasteiger partial charge in [0.25, 0.3) is 0 Å². The first-order valence-electron chi connectivity index (χ1n) is 10.6. The van der Waals surface area contributed by atoms with Crippen molar-refractivity contribution >= 4 is 17.2 Å². The van der Waals surface area contributed by atoms with Crippen LogP contribution in [0.1, 0.15) is 16.8 Å². The number of aromatic nitrogens is 2. The normalized spacial score (nSPS) is 17.7. The first-order valence-corrected chi connectivity index (χ1v) is 11.5. The minimum absolute atomic E-state index is 0.0666. The monoisotopic (exact) mass is 438 g/mol. The predicted molar refractivity (Wildman–Crippen MR) is 124 cm³/mol. The lowest BCUT2D eigenvalue weighted by Gasteiger charge is -2.23. The van der Waals surface area contributed by atoms with Crippen molar-refractivity contribution in [2.75, 3.05) is 33.8 Å². The van der Waals surface area contributed by atoms with Crippen molar-refractivity contribution in [1.29, 1.82) is 0 Å². The second-order valence-corrected chi connectivity index (χ2v) is 9.21. The molecule has 2 aromatic heterocycles. The number of aryl methyl sites for hydroxylation is 2. The van der Waals surface area contributed by atoms with Crippen LogP contribution in [0.3, 0.4) is 0 Å². The van der Waals surface area contributed by atoms with E-state index in [0.29, 0.717) is 0 Å². The largest absolute Gasteiger partial charge is 0.481 e. The molecule has 31 heavy (non-hydrogen) atoms. The van der Waals surface area contributed by atoms with Crippen LogP contribution >= 0.6 is 11.3 Å². The Bertz CT molecular complexity index is 1030. The van der Waals surface area contributed by atoms with Gasteiger partial charge in [-0.1, -0.05) is 30.3 Å². The summed E-state index contributed by atoms with van der Waals surface area (Å²) in [5.74, 6) is 0.949. The van der Waals surface area contributed by atoms with Gasteiger partial charge in [-0.2, -0.15) is 5.10 Å².